The van der Waals surface area contributed by atoms with Crippen molar-refractivity contribution < 1.29 is 14.8 Å². The molecule has 0 saturated carbocycles. The predicted molar refractivity (Wildman–Crippen MR) is 71.7 cm³/mol. The Hall–Kier alpha value is -2.18. The molecule has 0 spiro atoms. The lowest BCUT2D eigenvalue weighted by molar-refractivity contribution is 0.0951. The summed E-state index contributed by atoms with van der Waals surface area (Å²) in [6.07, 6.45) is 3.34. The van der Waals surface area contributed by atoms with E-state index in [1.54, 1.807) is 36.7 Å². The Bertz CT molecular complexity index is 561. The SMILES string of the molecule is O=C(NCc1cccnc1)c1cccc(B(O)O)c1. The van der Waals surface area contributed by atoms with Crippen molar-refractivity contribution in [1.29, 1.82) is 0 Å². The van der Waals surface area contributed by atoms with E-state index in [1.807, 2.05) is 6.07 Å². The minimum atomic E-state index is -1.58. The zero-order valence-electron chi connectivity index (χ0n) is 10.2. The van der Waals surface area contributed by atoms with Crippen molar-refractivity contribution in [1.82, 2.24) is 10.3 Å². The maximum atomic E-state index is 11.9. The van der Waals surface area contributed by atoms with Crippen LogP contribution in [-0.4, -0.2) is 28.1 Å². The molecule has 5 nitrogen and oxygen atoms in total. The van der Waals surface area contributed by atoms with Gasteiger partial charge in [0.1, 0.15) is 0 Å². The fraction of sp³-hybridized carbons (Fsp3) is 0.0769. The Kier molecular flexibility index (Phi) is 4.28. The van der Waals surface area contributed by atoms with Gasteiger partial charge in [0.2, 0.25) is 0 Å². The predicted octanol–water partition coefficient (Wildman–Crippen LogP) is -0.309. The Morgan fingerprint density at radius 3 is 2.79 bits per heavy atom. The number of carbonyl (C=O) groups is 1. The number of benzene rings is 1. The van der Waals surface area contributed by atoms with Gasteiger partial charge in [-0.25, -0.2) is 0 Å². The molecule has 0 aliphatic rings. The lowest BCUT2D eigenvalue weighted by atomic mass is 9.79. The number of amides is 1. The highest BCUT2D eigenvalue weighted by atomic mass is 16.4. The highest BCUT2D eigenvalue weighted by molar-refractivity contribution is 6.58. The summed E-state index contributed by atoms with van der Waals surface area (Å²) in [5.74, 6) is -0.272. The first-order valence-electron chi connectivity index (χ1n) is 5.80. The van der Waals surface area contributed by atoms with E-state index < -0.39 is 7.12 Å². The molecule has 2 aromatic rings. The van der Waals surface area contributed by atoms with E-state index >= 15 is 0 Å². The van der Waals surface area contributed by atoms with Crippen LogP contribution in [-0.2, 0) is 6.54 Å². The van der Waals surface area contributed by atoms with Gasteiger partial charge in [0.15, 0.2) is 0 Å². The zero-order chi connectivity index (χ0) is 13.7. The molecule has 0 radical (unpaired) electrons. The van der Waals surface area contributed by atoms with E-state index in [0.29, 0.717) is 12.1 Å². The molecule has 96 valence electrons. The Balaban J connectivity index is 2.02. The minimum Gasteiger partial charge on any atom is -0.423 e. The number of hydrogen-bond acceptors (Lipinski definition) is 4. The van der Waals surface area contributed by atoms with Crippen LogP contribution >= 0.6 is 0 Å². The van der Waals surface area contributed by atoms with Crippen LogP contribution in [0.1, 0.15) is 15.9 Å². The monoisotopic (exact) mass is 256 g/mol. The number of nitrogens with zero attached hydrogens (tertiary/aromatic N) is 1. The summed E-state index contributed by atoms with van der Waals surface area (Å²) in [5.41, 5.74) is 1.57. The number of nitrogens with one attached hydrogen (secondary N) is 1. The van der Waals surface area contributed by atoms with E-state index in [-0.39, 0.29) is 11.4 Å². The van der Waals surface area contributed by atoms with E-state index in [9.17, 15) is 4.79 Å². The molecular formula is C13H13BN2O3. The highest BCUT2D eigenvalue weighted by Gasteiger charge is 2.13. The van der Waals surface area contributed by atoms with Crippen LogP contribution in [0.2, 0.25) is 0 Å². The molecule has 0 atom stereocenters. The number of hydrogen-bond donors (Lipinski definition) is 3. The highest BCUT2D eigenvalue weighted by Crippen LogP contribution is 2.00. The first kappa shape index (κ1) is 13.3. The van der Waals surface area contributed by atoms with Crippen molar-refractivity contribution in [2.24, 2.45) is 0 Å². The van der Waals surface area contributed by atoms with E-state index in [0.717, 1.165) is 5.56 Å². The first-order chi connectivity index (χ1) is 9.16. The second-order valence-electron chi connectivity index (χ2n) is 4.04. The third-order valence-electron chi connectivity index (χ3n) is 2.62. The molecule has 1 heterocycles. The van der Waals surface area contributed by atoms with Crippen LogP contribution < -0.4 is 10.8 Å². The lowest BCUT2D eigenvalue weighted by Crippen LogP contribution is -2.31. The summed E-state index contributed by atoms with van der Waals surface area (Å²) in [7, 11) is -1.58. The summed E-state index contributed by atoms with van der Waals surface area (Å²) < 4.78 is 0. The molecule has 0 bridgehead atoms. The van der Waals surface area contributed by atoms with Crippen LogP contribution in [0.4, 0.5) is 0 Å². The van der Waals surface area contributed by atoms with Gasteiger partial charge < -0.3 is 15.4 Å². The lowest BCUT2D eigenvalue weighted by Gasteiger charge is -2.06. The Morgan fingerprint density at radius 2 is 2.11 bits per heavy atom. The quantitative estimate of drug-likeness (QED) is 0.655. The first-order valence-corrected chi connectivity index (χ1v) is 5.80. The number of carbonyl (C=O) groups excluding carboxylic acids is 1. The summed E-state index contributed by atoms with van der Waals surface area (Å²) in [6.45, 7) is 0.374. The summed E-state index contributed by atoms with van der Waals surface area (Å²) in [5, 5.41) is 20.8. The van der Waals surface area contributed by atoms with Gasteiger partial charge in [0, 0.05) is 24.5 Å². The van der Waals surface area contributed by atoms with Gasteiger partial charge in [0.05, 0.1) is 0 Å². The van der Waals surface area contributed by atoms with Gasteiger partial charge in [-0.2, -0.15) is 0 Å². The molecule has 3 N–H and O–H groups in total. The molecule has 0 saturated heterocycles. The molecule has 19 heavy (non-hydrogen) atoms. The van der Waals surface area contributed by atoms with Gasteiger partial charge in [0.25, 0.3) is 5.91 Å². The van der Waals surface area contributed by atoms with Gasteiger partial charge in [-0.05, 0) is 29.2 Å². The van der Waals surface area contributed by atoms with Crippen molar-refractivity contribution in [3.05, 3.63) is 59.9 Å². The molecule has 0 aliphatic heterocycles. The Labute approximate surface area is 111 Å². The average Bonchev–Trinajstić information content (AvgIpc) is 2.46. The van der Waals surface area contributed by atoms with E-state index in [1.165, 1.54) is 6.07 Å². The van der Waals surface area contributed by atoms with Crippen LogP contribution in [0.15, 0.2) is 48.8 Å². The standard InChI is InChI=1S/C13H13BN2O3/c17-13(16-9-10-3-2-6-15-8-10)11-4-1-5-12(7-11)14(18)19/h1-8,18-19H,9H2,(H,16,17). The smallest absolute Gasteiger partial charge is 0.423 e. The van der Waals surface area contributed by atoms with Crippen LogP contribution in [0.3, 0.4) is 0 Å². The maximum Gasteiger partial charge on any atom is 0.488 e. The fourth-order valence-corrected chi connectivity index (χ4v) is 1.63. The molecule has 1 aromatic heterocycles. The van der Waals surface area contributed by atoms with Gasteiger partial charge in [-0.1, -0.05) is 18.2 Å². The van der Waals surface area contributed by atoms with Crippen molar-refractivity contribution in [3.63, 3.8) is 0 Å². The average molecular weight is 256 g/mol. The largest absolute Gasteiger partial charge is 0.488 e. The third kappa shape index (κ3) is 3.64. The van der Waals surface area contributed by atoms with E-state index in [4.69, 9.17) is 10.0 Å². The summed E-state index contributed by atoms with van der Waals surface area (Å²) in [6, 6.07) is 9.87. The van der Waals surface area contributed by atoms with Gasteiger partial charge in [-0.3, -0.25) is 9.78 Å². The van der Waals surface area contributed by atoms with Crippen LogP contribution in [0.25, 0.3) is 0 Å². The maximum absolute atomic E-state index is 11.9. The number of rotatable bonds is 4. The molecule has 1 amide bonds. The van der Waals surface area contributed by atoms with Crippen molar-refractivity contribution in [2.75, 3.05) is 0 Å². The molecule has 0 fully saturated rings. The second kappa shape index (κ2) is 6.13. The van der Waals surface area contributed by atoms with E-state index in [2.05, 4.69) is 10.3 Å². The van der Waals surface area contributed by atoms with Crippen molar-refractivity contribution in [3.8, 4) is 0 Å². The minimum absolute atomic E-state index is 0.272. The zero-order valence-corrected chi connectivity index (χ0v) is 10.2. The summed E-state index contributed by atoms with van der Waals surface area (Å²) >= 11 is 0. The van der Waals surface area contributed by atoms with Gasteiger partial charge in [-0.15, -0.1) is 0 Å². The van der Waals surface area contributed by atoms with Gasteiger partial charge >= 0.3 is 7.12 Å². The molecular weight excluding hydrogens is 243 g/mol. The molecule has 1 aromatic carbocycles. The normalized spacial score (nSPS) is 10.0. The van der Waals surface area contributed by atoms with Crippen molar-refractivity contribution in [2.45, 2.75) is 6.54 Å². The molecule has 0 aliphatic carbocycles. The summed E-state index contributed by atoms with van der Waals surface area (Å²) in [4.78, 5) is 15.9. The molecule has 6 heteroatoms. The topological polar surface area (TPSA) is 82.5 Å². The number of aromatic nitrogens is 1. The second-order valence-corrected chi connectivity index (χ2v) is 4.04. The van der Waals surface area contributed by atoms with Crippen LogP contribution in [0, 0.1) is 0 Å². The fourth-order valence-electron chi connectivity index (χ4n) is 1.63. The molecule has 0 unspecified atom stereocenters. The number of pyridine rings is 1. The third-order valence-corrected chi connectivity index (χ3v) is 2.62. The Morgan fingerprint density at radius 1 is 1.26 bits per heavy atom. The van der Waals surface area contributed by atoms with Crippen molar-refractivity contribution >= 4 is 18.5 Å². The van der Waals surface area contributed by atoms with Crippen LogP contribution in [0.5, 0.6) is 0 Å². The molecule has 2 rings (SSSR count).